The first-order valence-corrected chi connectivity index (χ1v) is 11.0. The van der Waals surface area contributed by atoms with E-state index in [0.717, 1.165) is 16.2 Å². The van der Waals surface area contributed by atoms with Crippen LogP contribution >= 0.6 is 11.3 Å². The summed E-state index contributed by atoms with van der Waals surface area (Å²) in [6.45, 7) is -0.252. The Morgan fingerprint density at radius 1 is 1.12 bits per heavy atom. The van der Waals surface area contributed by atoms with Gasteiger partial charge in [0, 0.05) is 16.9 Å². The average molecular weight is 446 g/mol. The van der Waals surface area contributed by atoms with Gasteiger partial charge in [0.15, 0.2) is 0 Å². The normalized spacial score (nSPS) is 17.5. The van der Waals surface area contributed by atoms with Gasteiger partial charge in [0.1, 0.15) is 12.3 Å². The van der Waals surface area contributed by atoms with E-state index in [1.807, 2.05) is 41.8 Å². The van der Waals surface area contributed by atoms with Crippen molar-refractivity contribution < 1.29 is 19.1 Å². The summed E-state index contributed by atoms with van der Waals surface area (Å²) in [4.78, 5) is 40.4. The number of Topliss-reactive ketones (excluding diaryl/α,β-unsaturated/α-hetero) is 1. The van der Waals surface area contributed by atoms with Crippen LogP contribution in [0.3, 0.4) is 0 Å². The van der Waals surface area contributed by atoms with Gasteiger partial charge in [0.2, 0.25) is 0 Å². The monoisotopic (exact) mass is 445 g/mol. The molecule has 2 amide bonds. The highest BCUT2D eigenvalue weighted by Gasteiger charge is 2.40. The van der Waals surface area contributed by atoms with E-state index >= 15 is 0 Å². The molecule has 2 aliphatic rings. The van der Waals surface area contributed by atoms with E-state index in [-0.39, 0.29) is 18.5 Å². The van der Waals surface area contributed by atoms with Gasteiger partial charge in [-0.1, -0.05) is 30.3 Å². The number of anilines is 1. The topological polar surface area (TPSA) is 79.3 Å². The van der Waals surface area contributed by atoms with Crippen LogP contribution in [-0.4, -0.2) is 42.0 Å². The third-order valence-electron chi connectivity index (χ3n) is 5.61. The first-order chi connectivity index (χ1) is 15.6. The molecular weight excluding hydrogens is 426 g/mol. The zero-order chi connectivity index (χ0) is 22.2. The van der Waals surface area contributed by atoms with Gasteiger partial charge in [-0.3, -0.25) is 19.3 Å². The maximum absolute atomic E-state index is 13.4. The van der Waals surface area contributed by atoms with Crippen molar-refractivity contribution in [2.24, 2.45) is 5.10 Å². The van der Waals surface area contributed by atoms with E-state index < -0.39 is 11.7 Å². The quantitative estimate of drug-likeness (QED) is 0.562. The molecule has 0 N–H and O–H groups in total. The van der Waals surface area contributed by atoms with E-state index in [2.05, 4.69) is 5.10 Å². The molecule has 5 rings (SSSR count). The lowest BCUT2D eigenvalue weighted by atomic mass is 10.0. The van der Waals surface area contributed by atoms with Crippen molar-refractivity contribution in [2.45, 2.75) is 12.5 Å². The molecule has 7 nitrogen and oxygen atoms in total. The molecule has 1 aromatic heterocycles. The van der Waals surface area contributed by atoms with Crippen LogP contribution in [0.15, 0.2) is 71.1 Å². The molecule has 2 aliphatic heterocycles. The van der Waals surface area contributed by atoms with Crippen molar-refractivity contribution >= 4 is 40.3 Å². The van der Waals surface area contributed by atoms with E-state index in [1.54, 1.807) is 42.7 Å². The Morgan fingerprint density at radius 3 is 2.75 bits per heavy atom. The number of rotatable bonds is 5. The zero-order valence-corrected chi connectivity index (χ0v) is 18.0. The summed E-state index contributed by atoms with van der Waals surface area (Å²) in [6.07, 6.45) is 0.545. The summed E-state index contributed by atoms with van der Waals surface area (Å²) in [5.41, 5.74) is 2.42. The molecule has 32 heavy (non-hydrogen) atoms. The molecular formula is C24H19N3O4S. The lowest BCUT2D eigenvalue weighted by Gasteiger charge is -2.23. The summed E-state index contributed by atoms with van der Waals surface area (Å²) in [6, 6.07) is 17.9. The number of carbonyl (C=O) groups excluding carboxylic acids is 3. The molecule has 3 aromatic rings. The second kappa shape index (κ2) is 8.05. The highest BCUT2D eigenvalue weighted by atomic mass is 32.1. The molecule has 8 heteroatoms. The molecule has 2 aromatic carbocycles. The predicted octanol–water partition coefficient (Wildman–Crippen LogP) is 3.66. The number of para-hydroxylation sites is 1. The minimum Gasteiger partial charge on any atom is -0.497 e. The summed E-state index contributed by atoms with van der Waals surface area (Å²) in [5.74, 6) is -0.923. The number of fused-ring (bicyclic) bond motifs is 1. The van der Waals surface area contributed by atoms with Crippen molar-refractivity contribution in [2.75, 3.05) is 18.6 Å². The molecule has 0 saturated heterocycles. The first kappa shape index (κ1) is 20.1. The number of nitrogens with zero attached hydrogens (tertiary/aromatic N) is 3. The number of hydrogen-bond donors (Lipinski definition) is 0. The lowest BCUT2D eigenvalue weighted by Crippen LogP contribution is -2.40. The third kappa shape index (κ3) is 3.38. The van der Waals surface area contributed by atoms with Crippen molar-refractivity contribution in [3.8, 4) is 5.75 Å². The average Bonchev–Trinajstić information content (AvgIpc) is 3.55. The van der Waals surface area contributed by atoms with Crippen LogP contribution in [-0.2, 0) is 9.59 Å². The summed E-state index contributed by atoms with van der Waals surface area (Å²) < 4.78 is 5.32. The van der Waals surface area contributed by atoms with Crippen LogP contribution in [0.4, 0.5) is 5.69 Å². The van der Waals surface area contributed by atoms with Crippen LogP contribution in [0.1, 0.15) is 33.3 Å². The largest absolute Gasteiger partial charge is 0.497 e. The van der Waals surface area contributed by atoms with Crippen LogP contribution in [0.5, 0.6) is 5.75 Å². The Bertz CT molecular complexity index is 1250. The predicted molar refractivity (Wildman–Crippen MR) is 121 cm³/mol. The summed E-state index contributed by atoms with van der Waals surface area (Å²) in [5, 5.41) is 8.04. The van der Waals surface area contributed by atoms with Crippen LogP contribution in [0.25, 0.3) is 0 Å². The number of hydrogen-bond acceptors (Lipinski definition) is 6. The number of ketones is 1. The minimum absolute atomic E-state index is 0.252. The van der Waals surface area contributed by atoms with Gasteiger partial charge >= 0.3 is 0 Å². The maximum Gasteiger partial charge on any atom is 0.299 e. The fourth-order valence-corrected chi connectivity index (χ4v) is 4.84. The second-order valence-corrected chi connectivity index (χ2v) is 8.47. The number of carbonyl (C=O) groups is 3. The Labute approximate surface area is 188 Å². The number of amides is 2. The summed E-state index contributed by atoms with van der Waals surface area (Å²) >= 11 is 1.55. The second-order valence-electron chi connectivity index (χ2n) is 7.49. The number of hydrazone groups is 1. The van der Waals surface area contributed by atoms with Gasteiger partial charge in [0.05, 0.1) is 30.1 Å². The van der Waals surface area contributed by atoms with Crippen molar-refractivity contribution in [3.63, 3.8) is 0 Å². The molecule has 0 saturated carbocycles. The van der Waals surface area contributed by atoms with Crippen LogP contribution < -0.4 is 9.64 Å². The number of benzene rings is 2. The fraction of sp³-hybridized carbons (Fsp3) is 0.167. The zero-order valence-electron chi connectivity index (χ0n) is 17.2. The van der Waals surface area contributed by atoms with Gasteiger partial charge in [-0.2, -0.15) is 5.10 Å². The van der Waals surface area contributed by atoms with E-state index in [1.165, 1.54) is 9.91 Å². The third-order valence-corrected chi connectivity index (χ3v) is 6.59. The molecule has 0 radical (unpaired) electrons. The number of ether oxygens (including phenoxy) is 1. The molecule has 1 unspecified atom stereocenters. The highest BCUT2D eigenvalue weighted by molar-refractivity contribution is 7.10. The lowest BCUT2D eigenvalue weighted by molar-refractivity contribution is -0.132. The molecule has 0 fully saturated rings. The summed E-state index contributed by atoms with van der Waals surface area (Å²) in [7, 11) is 1.60. The van der Waals surface area contributed by atoms with Crippen molar-refractivity contribution in [1.29, 1.82) is 0 Å². The van der Waals surface area contributed by atoms with E-state index in [9.17, 15) is 14.4 Å². The van der Waals surface area contributed by atoms with E-state index in [4.69, 9.17) is 4.74 Å². The Balaban J connectivity index is 1.46. The smallest absolute Gasteiger partial charge is 0.299 e. The highest BCUT2D eigenvalue weighted by Crippen LogP contribution is 2.36. The molecule has 0 aliphatic carbocycles. The molecule has 3 heterocycles. The SMILES string of the molecule is COc1cccc(C2=NN(C(=O)CN3C(=O)C(=O)c4ccccc43)C(c3cccs3)C2)c1. The number of methoxy groups -OCH3 is 1. The van der Waals surface area contributed by atoms with Gasteiger partial charge in [0.25, 0.3) is 17.6 Å². The first-order valence-electron chi connectivity index (χ1n) is 10.1. The Hall–Kier alpha value is -3.78. The van der Waals surface area contributed by atoms with Gasteiger partial charge in [-0.25, -0.2) is 5.01 Å². The molecule has 1 atom stereocenters. The van der Waals surface area contributed by atoms with Crippen LogP contribution in [0.2, 0.25) is 0 Å². The van der Waals surface area contributed by atoms with Crippen molar-refractivity contribution in [1.82, 2.24) is 5.01 Å². The Kier molecular flexibility index (Phi) is 5.07. The Morgan fingerprint density at radius 2 is 1.97 bits per heavy atom. The van der Waals surface area contributed by atoms with Gasteiger partial charge in [-0.15, -0.1) is 11.3 Å². The molecule has 160 valence electrons. The maximum atomic E-state index is 13.4. The van der Waals surface area contributed by atoms with Crippen LogP contribution in [0, 0.1) is 0 Å². The molecule has 0 spiro atoms. The van der Waals surface area contributed by atoms with E-state index in [0.29, 0.717) is 23.4 Å². The molecule has 0 bridgehead atoms. The van der Waals surface area contributed by atoms with Gasteiger partial charge < -0.3 is 4.74 Å². The number of thiophene rings is 1. The van der Waals surface area contributed by atoms with Crippen molar-refractivity contribution in [3.05, 3.63) is 82.0 Å². The van der Waals surface area contributed by atoms with Gasteiger partial charge in [-0.05, 0) is 35.7 Å². The standard InChI is InChI=1S/C24H19N3O4S/c1-31-16-7-4-6-15(12-16)18-13-20(21-10-5-11-32-21)27(25-18)22(28)14-26-19-9-3-2-8-17(19)23(29)24(26)30/h2-12,20H,13-14H2,1H3. The fourth-order valence-electron chi connectivity index (χ4n) is 4.03. The minimum atomic E-state index is -0.691.